The Bertz CT molecular complexity index is 775. The summed E-state index contributed by atoms with van der Waals surface area (Å²) in [7, 11) is 0. The number of hydrogen-bond donors (Lipinski definition) is 1. The summed E-state index contributed by atoms with van der Waals surface area (Å²) < 4.78 is 0. The van der Waals surface area contributed by atoms with Crippen molar-refractivity contribution in [1.29, 1.82) is 0 Å². The van der Waals surface area contributed by atoms with Crippen molar-refractivity contribution >= 4 is 34.3 Å². The summed E-state index contributed by atoms with van der Waals surface area (Å²) in [5, 5.41) is 7.63. The van der Waals surface area contributed by atoms with Crippen LogP contribution in [-0.2, 0) is 0 Å². The molecule has 0 bridgehead atoms. The second kappa shape index (κ2) is 5.79. The third-order valence-electron chi connectivity index (χ3n) is 3.32. The van der Waals surface area contributed by atoms with Crippen molar-refractivity contribution in [3.63, 3.8) is 0 Å². The van der Waals surface area contributed by atoms with E-state index in [1.165, 1.54) is 11.3 Å². The predicted molar refractivity (Wildman–Crippen MR) is 89.3 cm³/mol. The van der Waals surface area contributed by atoms with E-state index >= 15 is 0 Å². The molecule has 3 aromatic rings. The number of thiazole rings is 1. The van der Waals surface area contributed by atoms with E-state index in [9.17, 15) is 4.79 Å². The molecule has 2 heterocycles. The summed E-state index contributed by atoms with van der Waals surface area (Å²) in [5.41, 5.74) is 3.54. The fourth-order valence-corrected chi connectivity index (χ4v) is 3.58. The van der Waals surface area contributed by atoms with E-state index in [4.69, 9.17) is 0 Å². The Morgan fingerprint density at radius 3 is 2.76 bits per heavy atom. The third kappa shape index (κ3) is 2.89. The fraction of sp³-hybridized carbons (Fsp3) is 0.125. The molecule has 0 unspecified atom stereocenters. The van der Waals surface area contributed by atoms with Crippen molar-refractivity contribution in [3.8, 4) is 9.88 Å². The predicted octanol–water partition coefficient (Wildman–Crippen LogP) is 4.74. The number of nitrogens with zero attached hydrogens (tertiary/aromatic N) is 1. The minimum Gasteiger partial charge on any atom is -0.320 e. The Kier molecular flexibility index (Phi) is 3.86. The second-order valence-electron chi connectivity index (χ2n) is 4.72. The largest absolute Gasteiger partial charge is 0.320 e. The zero-order valence-corrected chi connectivity index (χ0v) is 13.3. The van der Waals surface area contributed by atoms with Crippen LogP contribution >= 0.6 is 22.7 Å². The highest BCUT2D eigenvalue weighted by Crippen LogP contribution is 2.28. The van der Waals surface area contributed by atoms with Gasteiger partial charge in [0, 0.05) is 11.1 Å². The maximum absolute atomic E-state index is 12.3. The Hall–Kier alpha value is -1.98. The first-order valence-electron chi connectivity index (χ1n) is 6.52. The summed E-state index contributed by atoms with van der Waals surface area (Å²) in [5.74, 6) is -0.164. The smallest absolute Gasteiger partial charge is 0.275 e. The van der Waals surface area contributed by atoms with Gasteiger partial charge in [0.25, 0.3) is 5.91 Å². The van der Waals surface area contributed by atoms with Gasteiger partial charge in [0.05, 0.1) is 4.88 Å². The van der Waals surface area contributed by atoms with Gasteiger partial charge < -0.3 is 5.32 Å². The van der Waals surface area contributed by atoms with Crippen LogP contribution in [0.5, 0.6) is 0 Å². The van der Waals surface area contributed by atoms with E-state index in [1.807, 2.05) is 49.6 Å². The normalized spacial score (nSPS) is 10.6. The summed E-state index contributed by atoms with van der Waals surface area (Å²) in [4.78, 5) is 17.8. The van der Waals surface area contributed by atoms with Gasteiger partial charge in [-0.15, -0.1) is 22.7 Å². The Labute approximate surface area is 131 Å². The van der Waals surface area contributed by atoms with Gasteiger partial charge in [-0.05, 0) is 42.5 Å². The molecular formula is C16H14N2OS2. The number of benzene rings is 1. The second-order valence-corrected chi connectivity index (χ2v) is 6.52. The average Bonchev–Trinajstić information content (AvgIpc) is 3.13. The first-order valence-corrected chi connectivity index (χ1v) is 8.28. The standard InChI is InChI=1S/C16H14N2OS2/c1-10-5-3-6-12(11(10)2)17-15(19)13-9-21-16(18-13)14-7-4-8-20-14/h3-9H,1-2H3,(H,17,19). The molecule has 0 saturated heterocycles. The van der Waals surface area contributed by atoms with Gasteiger partial charge in [-0.1, -0.05) is 18.2 Å². The van der Waals surface area contributed by atoms with Crippen LogP contribution in [0.2, 0.25) is 0 Å². The highest BCUT2D eigenvalue weighted by molar-refractivity contribution is 7.20. The molecule has 1 N–H and O–H groups in total. The number of carbonyl (C=O) groups is 1. The maximum atomic E-state index is 12.3. The number of rotatable bonds is 3. The minimum atomic E-state index is -0.164. The molecule has 0 spiro atoms. The molecule has 1 amide bonds. The summed E-state index contributed by atoms with van der Waals surface area (Å²) in [6.07, 6.45) is 0. The van der Waals surface area contributed by atoms with E-state index in [0.717, 1.165) is 26.7 Å². The lowest BCUT2D eigenvalue weighted by Gasteiger charge is -2.09. The van der Waals surface area contributed by atoms with Gasteiger partial charge in [-0.3, -0.25) is 4.79 Å². The number of anilines is 1. The van der Waals surface area contributed by atoms with Gasteiger partial charge in [-0.25, -0.2) is 4.98 Å². The molecule has 0 aliphatic rings. The molecule has 0 aliphatic carbocycles. The van der Waals surface area contributed by atoms with Crippen LogP contribution in [0.15, 0.2) is 41.1 Å². The fourth-order valence-electron chi connectivity index (χ4n) is 1.96. The van der Waals surface area contributed by atoms with Crippen molar-refractivity contribution in [3.05, 3.63) is 57.9 Å². The maximum Gasteiger partial charge on any atom is 0.275 e. The lowest BCUT2D eigenvalue weighted by Crippen LogP contribution is -2.13. The molecule has 106 valence electrons. The average molecular weight is 314 g/mol. The van der Waals surface area contributed by atoms with E-state index < -0.39 is 0 Å². The van der Waals surface area contributed by atoms with Crippen molar-refractivity contribution in [2.24, 2.45) is 0 Å². The molecule has 3 rings (SSSR count). The minimum absolute atomic E-state index is 0.164. The first kappa shape index (κ1) is 14.0. The zero-order valence-electron chi connectivity index (χ0n) is 11.7. The Balaban J connectivity index is 1.81. The van der Waals surface area contributed by atoms with E-state index in [-0.39, 0.29) is 5.91 Å². The molecule has 0 saturated carbocycles. The summed E-state index contributed by atoms with van der Waals surface area (Å²) in [6.45, 7) is 4.03. The van der Waals surface area contributed by atoms with Crippen LogP contribution in [0.3, 0.4) is 0 Å². The summed E-state index contributed by atoms with van der Waals surface area (Å²) in [6, 6.07) is 9.87. The van der Waals surface area contributed by atoms with E-state index in [1.54, 1.807) is 16.7 Å². The van der Waals surface area contributed by atoms with Gasteiger partial charge in [0.15, 0.2) is 0 Å². The lowest BCUT2D eigenvalue weighted by atomic mass is 10.1. The van der Waals surface area contributed by atoms with Crippen LogP contribution in [-0.4, -0.2) is 10.9 Å². The topological polar surface area (TPSA) is 42.0 Å². The quantitative estimate of drug-likeness (QED) is 0.758. The Morgan fingerprint density at radius 1 is 1.14 bits per heavy atom. The number of amides is 1. The van der Waals surface area contributed by atoms with Crippen molar-refractivity contribution in [2.75, 3.05) is 5.32 Å². The molecule has 0 aliphatic heterocycles. The number of nitrogens with one attached hydrogen (secondary N) is 1. The Morgan fingerprint density at radius 2 is 2.00 bits per heavy atom. The number of aryl methyl sites for hydroxylation is 1. The van der Waals surface area contributed by atoms with Gasteiger partial charge in [0.2, 0.25) is 0 Å². The molecular weight excluding hydrogens is 300 g/mol. The SMILES string of the molecule is Cc1cccc(NC(=O)c2csc(-c3cccs3)n2)c1C. The highest BCUT2D eigenvalue weighted by Gasteiger charge is 2.13. The molecule has 0 radical (unpaired) electrons. The molecule has 5 heteroatoms. The molecule has 3 nitrogen and oxygen atoms in total. The highest BCUT2D eigenvalue weighted by atomic mass is 32.1. The van der Waals surface area contributed by atoms with Gasteiger partial charge >= 0.3 is 0 Å². The number of carbonyl (C=O) groups excluding carboxylic acids is 1. The molecule has 0 fully saturated rings. The van der Waals surface area contributed by atoms with Gasteiger partial charge in [-0.2, -0.15) is 0 Å². The molecule has 1 aromatic carbocycles. The number of aromatic nitrogens is 1. The van der Waals surface area contributed by atoms with Crippen LogP contribution in [0.25, 0.3) is 9.88 Å². The molecule has 0 atom stereocenters. The van der Waals surface area contributed by atoms with Gasteiger partial charge in [0.1, 0.15) is 10.7 Å². The molecule has 21 heavy (non-hydrogen) atoms. The number of thiophene rings is 1. The van der Waals surface area contributed by atoms with Crippen molar-refractivity contribution < 1.29 is 4.79 Å². The number of hydrogen-bond acceptors (Lipinski definition) is 4. The molecule has 2 aromatic heterocycles. The van der Waals surface area contributed by atoms with Crippen LogP contribution in [0.1, 0.15) is 21.6 Å². The summed E-state index contributed by atoms with van der Waals surface area (Å²) >= 11 is 3.12. The monoisotopic (exact) mass is 314 g/mol. The van der Waals surface area contributed by atoms with E-state index in [0.29, 0.717) is 5.69 Å². The zero-order chi connectivity index (χ0) is 14.8. The third-order valence-corrected chi connectivity index (χ3v) is 5.20. The lowest BCUT2D eigenvalue weighted by molar-refractivity contribution is 0.102. The van der Waals surface area contributed by atoms with Crippen LogP contribution in [0.4, 0.5) is 5.69 Å². The van der Waals surface area contributed by atoms with E-state index in [2.05, 4.69) is 10.3 Å². The van der Waals surface area contributed by atoms with Crippen LogP contribution < -0.4 is 5.32 Å². The van der Waals surface area contributed by atoms with Crippen molar-refractivity contribution in [1.82, 2.24) is 4.98 Å². The first-order chi connectivity index (χ1) is 10.1. The van der Waals surface area contributed by atoms with Crippen molar-refractivity contribution in [2.45, 2.75) is 13.8 Å². The van der Waals surface area contributed by atoms with Crippen LogP contribution in [0, 0.1) is 13.8 Å².